The molecule has 2 aromatic carbocycles. The van der Waals surface area contributed by atoms with Crippen molar-refractivity contribution < 1.29 is 32.6 Å². The van der Waals surface area contributed by atoms with Crippen LogP contribution in [-0.4, -0.2) is 30.6 Å². The number of ketones is 1. The molecule has 8 heteroatoms. The summed E-state index contributed by atoms with van der Waals surface area (Å²) >= 11 is 0. The van der Waals surface area contributed by atoms with Crippen LogP contribution in [0.3, 0.4) is 0 Å². The molecule has 2 atom stereocenters. The molecule has 0 aliphatic carbocycles. The fourth-order valence-corrected chi connectivity index (χ4v) is 2.22. The van der Waals surface area contributed by atoms with Crippen LogP contribution in [0.15, 0.2) is 48.5 Å². The van der Waals surface area contributed by atoms with Gasteiger partial charge in [0, 0.05) is 5.56 Å². The Morgan fingerprint density at radius 3 is 1.96 bits per heavy atom. The van der Waals surface area contributed by atoms with Crippen LogP contribution in [0.2, 0.25) is 0 Å². The van der Waals surface area contributed by atoms with Gasteiger partial charge in [-0.3, -0.25) is 4.79 Å². The molecule has 0 saturated heterocycles. The van der Waals surface area contributed by atoms with Gasteiger partial charge in [-0.2, -0.15) is 14.0 Å². The van der Waals surface area contributed by atoms with E-state index < -0.39 is 30.6 Å². The van der Waals surface area contributed by atoms with Gasteiger partial charge < -0.3 is 14.2 Å². The average molecular weight is 389 g/mol. The first-order chi connectivity index (χ1) is 13.3. The van der Waals surface area contributed by atoms with Gasteiger partial charge in [-0.05, 0) is 62.4 Å². The minimum Gasteiger partial charge on any atom is -0.479 e. The molecule has 0 N–H and O–H groups in total. The third-order valence-corrected chi connectivity index (χ3v) is 3.65. The predicted molar refractivity (Wildman–Crippen MR) is 94.2 cm³/mol. The molecule has 146 valence electrons. The van der Waals surface area contributed by atoms with Crippen LogP contribution in [0.4, 0.5) is 8.78 Å². The number of nitriles is 1. The Hall–Kier alpha value is -3.47. The maximum absolute atomic E-state index is 12.3. The molecule has 0 aliphatic heterocycles. The van der Waals surface area contributed by atoms with E-state index in [0.29, 0.717) is 11.3 Å². The zero-order chi connectivity index (χ0) is 20.7. The highest BCUT2D eigenvalue weighted by Gasteiger charge is 2.24. The van der Waals surface area contributed by atoms with Gasteiger partial charge in [-0.25, -0.2) is 4.79 Å². The van der Waals surface area contributed by atoms with Crippen LogP contribution < -0.4 is 9.47 Å². The molecule has 0 fully saturated rings. The highest BCUT2D eigenvalue weighted by atomic mass is 19.3. The SMILES string of the molecule is C[C@@H](Oc1ccc(C#N)cc1)C(=O)O[C@H](C)C(=O)c1ccc(OC(F)F)cc1. The van der Waals surface area contributed by atoms with E-state index in [9.17, 15) is 18.4 Å². The number of carbonyl (C=O) groups excluding carboxylic acids is 2. The van der Waals surface area contributed by atoms with Gasteiger partial charge in [0.15, 0.2) is 12.2 Å². The summed E-state index contributed by atoms with van der Waals surface area (Å²) in [5, 5.41) is 8.76. The van der Waals surface area contributed by atoms with Crippen molar-refractivity contribution in [3.63, 3.8) is 0 Å². The van der Waals surface area contributed by atoms with Crippen molar-refractivity contribution >= 4 is 11.8 Å². The monoisotopic (exact) mass is 389 g/mol. The largest absolute Gasteiger partial charge is 0.479 e. The second-order valence-electron chi connectivity index (χ2n) is 5.74. The van der Waals surface area contributed by atoms with Gasteiger partial charge in [0.25, 0.3) is 0 Å². The first kappa shape index (κ1) is 20.8. The number of carbonyl (C=O) groups is 2. The van der Waals surface area contributed by atoms with Crippen molar-refractivity contribution in [1.82, 2.24) is 0 Å². The lowest BCUT2D eigenvalue weighted by atomic mass is 10.1. The second kappa shape index (κ2) is 9.46. The zero-order valence-corrected chi connectivity index (χ0v) is 15.1. The fourth-order valence-electron chi connectivity index (χ4n) is 2.22. The van der Waals surface area contributed by atoms with Gasteiger partial charge in [0.05, 0.1) is 11.6 Å². The zero-order valence-electron chi connectivity index (χ0n) is 15.1. The third-order valence-electron chi connectivity index (χ3n) is 3.65. The first-order valence-corrected chi connectivity index (χ1v) is 8.26. The summed E-state index contributed by atoms with van der Waals surface area (Å²) in [6.07, 6.45) is -2.08. The van der Waals surface area contributed by atoms with Crippen molar-refractivity contribution in [3.05, 3.63) is 59.7 Å². The number of rotatable bonds is 8. The summed E-state index contributed by atoms with van der Waals surface area (Å²) in [5.41, 5.74) is 0.634. The van der Waals surface area contributed by atoms with Gasteiger partial charge in [0.1, 0.15) is 11.5 Å². The van der Waals surface area contributed by atoms with E-state index in [-0.39, 0.29) is 11.3 Å². The number of Topliss-reactive ketones (excluding diaryl/α,β-unsaturated/α-hetero) is 1. The number of hydrogen-bond acceptors (Lipinski definition) is 6. The van der Waals surface area contributed by atoms with Crippen molar-refractivity contribution in [2.24, 2.45) is 0 Å². The van der Waals surface area contributed by atoms with E-state index >= 15 is 0 Å². The molecule has 0 saturated carbocycles. The normalized spacial score (nSPS) is 12.6. The molecular formula is C20H17F2NO5. The van der Waals surface area contributed by atoms with Gasteiger partial charge in [-0.1, -0.05) is 0 Å². The molecular weight excluding hydrogens is 372 g/mol. The molecule has 0 aromatic heterocycles. The Morgan fingerprint density at radius 2 is 1.43 bits per heavy atom. The molecule has 0 unspecified atom stereocenters. The van der Waals surface area contributed by atoms with Crippen molar-refractivity contribution in [2.45, 2.75) is 32.7 Å². The van der Waals surface area contributed by atoms with Crippen LogP contribution in [-0.2, 0) is 9.53 Å². The van der Waals surface area contributed by atoms with Crippen LogP contribution in [0.1, 0.15) is 29.8 Å². The molecule has 28 heavy (non-hydrogen) atoms. The van der Waals surface area contributed by atoms with Gasteiger partial charge >= 0.3 is 12.6 Å². The maximum Gasteiger partial charge on any atom is 0.387 e. The minimum atomic E-state index is -2.96. The molecule has 0 heterocycles. The number of nitrogens with zero attached hydrogens (tertiary/aromatic N) is 1. The molecule has 6 nitrogen and oxygen atoms in total. The topological polar surface area (TPSA) is 85.6 Å². The fraction of sp³-hybridized carbons (Fsp3) is 0.250. The Balaban J connectivity index is 1.92. The van der Waals surface area contributed by atoms with Gasteiger partial charge in [-0.15, -0.1) is 0 Å². The number of alkyl halides is 2. The lowest BCUT2D eigenvalue weighted by Crippen LogP contribution is -2.32. The van der Waals surface area contributed by atoms with E-state index in [4.69, 9.17) is 14.7 Å². The van der Waals surface area contributed by atoms with E-state index in [1.54, 1.807) is 24.3 Å². The summed E-state index contributed by atoms with van der Waals surface area (Å²) in [6.45, 7) is -0.0917. The third kappa shape index (κ3) is 5.77. The lowest BCUT2D eigenvalue weighted by Gasteiger charge is -2.17. The number of benzene rings is 2. The average Bonchev–Trinajstić information content (AvgIpc) is 2.68. The Labute approximate surface area is 160 Å². The Bertz CT molecular complexity index is 860. The number of hydrogen-bond donors (Lipinski definition) is 0. The summed E-state index contributed by atoms with van der Waals surface area (Å²) in [5.74, 6) is -0.955. The van der Waals surface area contributed by atoms with Crippen LogP contribution >= 0.6 is 0 Å². The highest BCUT2D eigenvalue weighted by molar-refractivity contribution is 6.00. The van der Waals surface area contributed by atoms with Gasteiger partial charge in [0.2, 0.25) is 5.78 Å². The minimum absolute atomic E-state index is 0.0827. The van der Waals surface area contributed by atoms with Crippen LogP contribution in [0.5, 0.6) is 11.5 Å². The summed E-state index contributed by atoms with van der Waals surface area (Å²) in [4.78, 5) is 24.5. The molecule has 2 aromatic rings. The smallest absolute Gasteiger partial charge is 0.387 e. The summed E-state index contributed by atoms with van der Waals surface area (Å²) in [6, 6.07) is 13.2. The van der Waals surface area contributed by atoms with E-state index in [2.05, 4.69) is 4.74 Å². The highest BCUT2D eigenvalue weighted by Crippen LogP contribution is 2.18. The van der Waals surface area contributed by atoms with E-state index in [1.165, 1.54) is 38.1 Å². The standard InChI is InChI=1S/C20H17F2NO5/c1-12(18(24)15-5-9-17(10-6-15)28-20(21)22)27-19(25)13(2)26-16-7-3-14(11-23)4-8-16/h3-10,12-13,20H,1-2H3/t12-,13-/m1/s1. The number of halogens is 2. The van der Waals surface area contributed by atoms with Crippen LogP contribution in [0.25, 0.3) is 0 Å². The molecule has 2 rings (SSSR count). The Kier molecular flexibility index (Phi) is 7.04. The van der Waals surface area contributed by atoms with Crippen molar-refractivity contribution in [1.29, 1.82) is 5.26 Å². The molecule has 0 spiro atoms. The molecule has 0 aliphatic rings. The quantitative estimate of drug-likeness (QED) is 0.505. The predicted octanol–water partition coefficient (Wildman–Crippen LogP) is 3.74. The number of ether oxygens (including phenoxy) is 3. The number of esters is 1. The van der Waals surface area contributed by atoms with Crippen LogP contribution in [0, 0.1) is 11.3 Å². The summed E-state index contributed by atoms with van der Waals surface area (Å²) < 4.78 is 39.1. The first-order valence-electron chi connectivity index (χ1n) is 8.26. The molecule has 0 radical (unpaired) electrons. The van der Waals surface area contributed by atoms with Crippen molar-refractivity contribution in [3.8, 4) is 17.6 Å². The molecule has 0 amide bonds. The van der Waals surface area contributed by atoms with Crippen molar-refractivity contribution in [2.75, 3.05) is 0 Å². The van der Waals surface area contributed by atoms with E-state index in [0.717, 1.165) is 0 Å². The summed E-state index contributed by atoms with van der Waals surface area (Å²) in [7, 11) is 0. The molecule has 0 bridgehead atoms. The Morgan fingerprint density at radius 1 is 0.893 bits per heavy atom. The second-order valence-corrected chi connectivity index (χ2v) is 5.74. The lowest BCUT2D eigenvalue weighted by molar-refractivity contribution is -0.153. The van der Waals surface area contributed by atoms with E-state index in [1.807, 2.05) is 6.07 Å². The maximum atomic E-state index is 12.3.